The molecule has 0 saturated carbocycles. The highest BCUT2D eigenvalue weighted by Gasteiger charge is 2.47. The summed E-state index contributed by atoms with van der Waals surface area (Å²) < 4.78 is 349. The van der Waals surface area contributed by atoms with Crippen molar-refractivity contribution in [3.63, 3.8) is 0 Å². The predicted molar refractivity (Wildman–Crippen MR) is 369 cm³/mol. The highest BCUT2D eigenvalue weighted by molar-refractivity contribution is 7.00. The number of benzene rings is 13. The van der Waals surface area contributed by atoms with Crippen molar-refractivity contribution in [3.05, 3.63) is 283 Å². The van der Waals surface area contributed by atoms with Gasteiger partial charge in [0.25, 0.3) is 6.71 Å². The van der Waals surface area contributed by atoms with E-state index in [1.165, 1.54) is 34.1 Å². The van der Waals surface area contributed by atoms with Crippen LogP contribution >= 0.6 is 0 Å². The highest BCUT2D eigenvalue weighted by atomic mass is 16.3. The molecule has 2 aliphatic rings. The molecular formula is C81H53BN4O2. The summed E-state index contributed by atoms with van der Waals surface area (Å²) in [4.78, 5) is 2.41. The number of aromatic nitrogens is 2. The molecule has 0 saturated heterocycles. The number of hydrogen-bond acceptors (Lipinski definition) is 4. The van der Waals surface area contributed by atoms with Gasteiger partial charge >= 0.3 is 0 Å². The van der Waals surface area contributed by atoms with Crippen molar-refractivity contribution in [1.29, 1.82) is 0 Å². The fourth-order valence-electron chi connectivity index (χ4n) is 12.9. The third-order valence-electron chi connectivity index (χ3n) is 16.9. The SMILES string of the molecule is [2H]c1c([2H])c(-n2c3c([2H])c([2H])c([2H])c([2H])c3c3c([2H])c([2H])c([2H])c([2H])c32)c([2H])c2c1B1c3c([2H])c([2H])c(-n4c5c([2H])c([2H])c([2H])c([2H])c5c5c([2H])c([2H])c([2H])c([2H])c54)c([2H])c3N(c3c([2H])c(-c4ccccc4)c([2H])c4c3oc3c([2H])c([2H])c([2H])c([2H])c34)c3c(C)c(C)c(C)c(c31)N2c1c([2H])c(-c2ccccc2)c([2H])c2c1oc1c([2H])c([2H])c([2H])c([2H])c12. The Morgan fingerprint density at radius 2 is 0.693 bits per heavy atom. The summed E-state index contributed by atoms with van der Waals surface area (Å²) >= 11 is 0. The fraction of sp³-hybridized carbons (Fsp3) is 0.0370. The standard InChI is InChI=1S/C81H53BN4O2/c1-48-49(2)78-77-79(50(48)3)86(74-45-54(52-24-8-5-9-25-52)43-64-62-31-15-21-37-76(62)88-81(64)74)72-47-56(84-69-34-18-12-28-59(69)60-29-13-19-35-70(60)84)39-41-66(72)82(77)65-40-38-55(83-67-32-16-10-26-57(67)58-27-11-17-33-68(58)83)46-71(65)85(78)73-44-53(51-22-6-4-7-23-51)42-63-61-30-14-20-36-75(61)87-80(63)73/h4-47H,1-3H3/i10D,11D,12D,13D,14D,15D,16D,17D,18D,19D,20D,21D,26D,27D,28D,29D,30D,31D,32D,33D,34D,35D,36D,37D,38D,39D,40D,41D,42D,43D,44D,45D,46D,47D. The number of hydrogen-bond donors (Lipinski definition) is 0. The Morgan fingerprint density at radius 3 is 1.09 bits per heavy atom. The molecule has 0 N–H and O–H groups in total. The maximum absolute atomic E-state index is 11.4. The van der Waals surface area contributed by atoms with E-state index in [0.717, 1.165) is 9.13 Å². The molecule has 0 unspecified atom stereocenters. The lowest BCUT2D eigenvalue weighted by atomic mass is 9.33. The Labute approximate surface area is 555 Å². The van der Waals surface area contributed by atoms with Crippen LogP contribution in [0.3, 0.4) is 0 Å². The van der Waals surface area contributed by atoms with Gasteiger partial charge < -0.3 is 27.8 Å². The van der Waals surface area contributed by atoms with Gasteiger partial charge in [-0.2, -0.15) is 0 Å². The molecule has 0 spiro atoms. The van der Waals surface area contributed by atoms with Gasteiger partial charge in [-0.15, -0.1) is 0 Å². The first-order valence-electron chi connectivity index (χ1n) is 44.7. The van der Waals surface area contributed by atoms with Crippen LogP contribution in [-0.4, -0.2) is 15.8 Å². The molecule has 13 aromatic carbocycles. The second kappa shape index (κ2) is 18.4. The number of para-hydroxylation sites is 6. The van der Waals surface area contributed by atoms with E-state index in [1.807, 2.05) is 0 Å². The summed E-state index contributed by atoms with van der Waals surface area (Å²) in [6.07, 6.45) is 0. The lowest BCUT2D eigenvalue weighted by molar-refractivity contribution is 0.669. The zero-order valence-corrected chi connectivity index (χ0v) is 46.0. The third kappa shape index (κ3) is 6.78. The van der Waals surface area contributed by atoms with Gasteiger partial charge in [0.2, 0.25) is 0 Å². The minimum absolute atomic E-state index is 0.121. The zero-order chi connectivity index (χ0) is 87.6. The molecule has 6 heterocycles. The minimum Gasteiger partial charge on any atom is -0.454 e. The number of nitrogens with zero attached hydrogens (tertiary/aromatic N) is 4. The zero-order valence-electron chi connectivity index (χ0n) is 80.0. The Bertz CT molecular complexity index is 7330. The van der Waals surface area contributed by atoms with E-state index in [9.17, 15) is 35.6 Å². The number of rotatable bonds is 6. The van der Waals surface area contributed by atoms with Crippen LogP contribution in [0.15, 0.2) is 275 Å². The Hall–Kier alpha value is -11.3. The van der Waals surface area contributed by atoms with Crippen molar-refractivity contribution in [2.75, 3.05) is 9.80 Å². The van der Waals surface area contributed by atoms with E-state index >= 15 is 0 Å². The van der Waals surface area contributed by atoms with Crippen LogP contribution in [0.1, 0.15) is 63.3 Å². The van der Waals surface area contributed by atoms with Crippen molar-refractivity contribution in [3.8, 4) is 33.6 Å². The normalized spacial score (nSPS) is 18.3. The van der Waals surface area contributed by atoms with E-state index in [-0.39, 0.29) is 66.6 Å². The second-order valence-corrected chi connectivity index (χ2v) is 21.3. The van der Waals surface area contributed by atoms with Crippen LogP contribution in [0.5, 0.6) is 0 Å². The molecule has 412 valence electrons. The van der Waals surface area contributed by atoms with Gasteiger partial charge in [0.15, 0.2) is 11.2 Å². The molecule has 19 rings (SSSR count). The average molecular weight is 1160 g/mol. The van der Waals surface area contributed by atoms with Gasteiger partial charge in [0.05, 0.1) is 80.0 Å². The molecule has 0 fully saturated rings. The molecule has 2 aliphatic heterocycles. The van der Waals surface area contributed by atoms with Crippen LogP contribution in [0.25, 0.3) is 121 Å². The molecule has 0 radical (unpaired) electrons. The van der Waals surface area contributed by atoms with Crippen molar-refractivity contribution in [1.82, 2.24) is 9.13 Å². The average Bonchev–Trinajstić information content (AvgIpc) is 0.935. The molecule has 6 nitrogen and oxygen atoms in total. The summed E-state index contributed by atoms with van der Waals surface area (Å²) in [7, 11) is 0. The summed E-state index contributed by atoms with van der Waals surface area (Å²) in [5.74, 6) is 0. The monoisotopic (exact) mass is 1160 g/mol. The molecule has 4 aromatic heterocycles. The third-order valence-corrected chi connectivity index (χ3v) is 16.9. The molecule has 7 heteroatoms. The lowest BCUT2D eigenvalue weighted by Crippen LogP contribution is -2.62. The van der Waals surface area contributed by atoms with Gasteiger partial charge in [-0.25, -0.2) is 0 Å². The van der Waals surface area contributed by atoms with E-state index in [0.29, 0.717) is 0 Å². The van der Waals surface area contributed by atoms with Crippen LogP contribution < -0.4 is 26.2 Å². The van der Waals surface area contributed by atoms with Gasteiger partial charge in [-0.1, -0.05) is 182 Å². The second-order valence-electron chi connectivity index (χ2n) is 21.3. The minimum atomic E-state index is -2.08. The number of fused-ring (bicyclic) bond motifs is 16. The largest absolute Gasteiger partial charge is 0.454 e. The summed E-state index contributed by atoms with van der Waals surface area (Å²) in [5, 5.41) is -3.71. The molecule has 0 aliphatic carbocycles. The molecule has 0 amide bonds. The Balaban J connectivity index is 1.11. The molecular weight excluding hydrogens is 1070 g/mol. The van der Waals surface area contributed by atoms with E-state index < -0.39 is 334 Å². The number of furan rings is 2. The molecule has 88 heavy (non-hydrogen) atoms. The van der Waals surface area contributed by atoms with Gasteiger partial charge in [0, 0.05) is 77.2 Å². The van der Waals surface area contributed by atoms with Crippen molar-refractivity contribution in [2.24, 2.45) is 0 Å². The number of anilines is 6. The molecule has 0 bridgehead atoms. The molecule has 0 atom stereocenters. The van der Waals surface area contributed by atoms with Crippen LogP contribution in [0.2, 0.25) is 0 Å². The fourth-order valence-corrected chi connectivity index (χ4v) is 12.9. The topological polar surface area (TPSA) is 42.6 Å². The first-order chi connectivity index (χ1) is 57.6. The van der Waals surface area contributed by atoms with Gasteiger partial charge in [0.1, 0.15) is 11.2 Å². The summed E-state index contributed by atoms with van der Waals surface area (Å²) in [5.41, 5.74) is -10.9. The van der Waals surface area contributed by atoms with Gasteiger partial charge in [-0.3, -0.25) is 0 Å². The van der Waals surface area contributed by atoms with Crippen LogP contribution in [0.4, 0.5) is 34.1 Å². The lowest BCUT2D eigenvalue weighted by Gasteiger charge is -2.46. The Morgan fingerprint density at radius 1 is 0.330 bits per heavy atom. The maximum atomic E-state index is 11.4. The van der Waals surface area contributed by atoms with Crippen LogP contribution in [0, 0.1) is 20.8 Å². The first-order valence-corrected chi connectivity index (χ1v) is 27.7. The quantitative estimate of drug-likeness (QED) is 0.156. The maximum Gasteiger partial charge on any atom is 0.252 e. The van der Waals surface area contributed by atoms with Crippen molar-refractivity contribution < 1.29 is 55.4 Å². The van der Waals surface area contributed by atoms with Crippen LogP contribution in [-0.2, 0) is 0 Å². The van der Waals surface area contributed by atoms with Crippen molar-refractivity contribution >= 4 is 145 Å². The van der Waals surface area contributed by atoms with E-state index in [1.54, 1.807) is 57.2 Å². The molecule has 17 aromatic rings. The van der Waals surface area contributed by atoms with Gasteiger partial charge in [-0.05, 0) is 161 Å². The van der Waals surface area contributed by atoms with E-state index in [4.69, 9.17) is 19.8 Å². The Kier molecular flexibility index (Phi) is 5.54. The van der Waals surface area contributed by atoms with Crippen molar-refractivity contribution in [2.45, 2.75) is 20.8 Å². The smallest absolute Gasteiger partial charge is 0.252 e. The summed E-state index contributed by atoms with van der Waals surface area (Å²) in [6.45, 7) is 2.65. The van der Waals surface area contributed by atoms with E-state index in [2.05, 4.69) is 0 Å². The predicted octanol–water partition coefficient (Wildman–Crippen LogP) is 20.0. The highest BCUT2D eigenvalue weighted by Crippen LogP contribution is 2.54. The summed E-state index contributed by atoms with van der Waals surface area (Å²) in [6, 6.07) is -13.6. The first kappa shape index (κ1) is 26.6.